The first-order valence-electron chi connectivity index (χ1n) is 7.92. The average molecular weight is 329 g/mol. The number of aryl methyl sites for hydroxylation is 1. The van der Waals surface area contributed by atoms with E-state index in [2.05, 4.69) is 19.1 Å². The van der Waals surface area contributed by atoms with E-state index in [0.29, 0.717) is 0 Å². The normalized spacial score (nSPS) is 13.1. The standard InChI is InChI=1S/C16H28NO4P/c1-2-3-4-5-6-14-7-9-16(10-8-14)21-13-15(17)11-12-22(18,19)20/h7-10,15H,2-6,11-13,17H2,1H3,(H2,18,19,20)/t15-/m1/s1. The van der Waals surface area contributed by atoms with Gasteiger partial charge in [0.15, 0.2) is 0 Å². The molecule has 22 heavy (non-hydrogen) atoms. The molecule has 0 bridgehead atoms. The molecule has 1 rings (SSSR count). The molecule has 4 N–H and O–H groups in total. The topological polar surface area (TPSA) is 92.8 Å². The first-order valence-corrected chi connectivity index (χ1v) is 9.72. The summed E-state index contributed by atoms with van der Waals surface area (Å²) < 4.78 is 16.3. The number of hydrogen-bond donors (Lipinski definition) is 3. The van der Waals surface area contributed by atoms with Crippen molar-refractivity contribution in [3.05, 3.63) is 29.8 Å². The van der Waals surface area contributed by atoms with Crippen molar-refractivity contribution in [2.45, 2.75) is 51.5 Å². The Morgan fingerprint density at radius 2 is 1.86 bits per heavy atom. The summed E-state index contributed by atoms with van der Waals surface area (Å²) in [6.45, 7) is 2.46. The van der Waals surface area contributed by atoms with Crippen LogP contribution in [0.25, 0.3) is 0 Å². The summed E-state index contributed by atoms with van der Waals surface area (Å²) >= 11 is 0. The highest BCUT2D eigenvalue weighted by molar-refractivity contribution is 7.51. The SMILES string of the molecule is CCCCCCc1ccc(OC[C@H](N)CCP(=O)(O)O)cc1. The lowest BCUT2D eigenvalue weighted by Gasteiger charge is -2.14. The molecule has 0 aliphatic carbocycles. The maximum atomic E-state index is 10.8. The minimum Gasteiger partial charge on any atom is -0.492 e. The zero-order valence-electron chi connectivity index (χ0n) is 13.3. The van der Waals surface area contributed by atoms with Crippen molar-refractivity contribution in [1.29, 1.82) is 0 Å². The molecule has 1 aromatic rings. The quantitative estimate of drug-likeness (QED) is 0.428. The molecule has 1 aromatic carbocycles. The van der Waals surface area contributed by atoms with Gasteiger partial charge in [0.1, 0.15) is 12.4 Å². The number of unbranched alkanes of at least 4 members (excludes halogenated alkanes) is 3. The molecule has 0 unspecified atom stereocenters. The third-order valence-corrected chi connectivity index (χ3v) is 4.34. The van der Waals surface area contributed by atoms with Crippen molar-refractivity contribution in [2.75, 3.05) is 12.8 Å². The summed E-state index contributed by atoms with van der Waals surface area (Å²) in [4.78, 5) is 17.6. The summed E-state index contributed by atoms with van der Waals surface area (Å²) in [7, 11) is -3.97. The highest BCUT2D eigenvalue weighted by atomic mass is 31.2. The first-order chi connectivity index (χ1) is 10.4. The summed E-state index contributed by atoms with van der Waals surface area (Å²) in [6.07, 6.45) is 6.14. The van der Waals surface area contributed by atoms with Crippen LogP contribution < -0.4 is 10.5 Å². The second-order valence-corrected chi connectivity index (χ2v) is 7.48. The van der Waals surface area contributed by atoms with E-state index in [-0.39, 0.29) is 25.2 Å². The highest BCUT2D eigenvalue weighted by Crippen LogP contribution is 2.35. The Balaban J connectivity index is 2.27. The zero-order chi connectivity index (χ0) is 16.4. The fraction of sp³-hybridized carbons (Fsp3) is 0.625. The van der Waals surface area contributed by atoms with E-state index in [4.69, 9.17) is 20.3 Å². The molecule has 0 aliphatic rings. The molecule has 1 atom stereocenters. The van der Waals surface area contributed by atoms with Crippen LogP contribution in [-0.2, 0) is 11.0 Å². The van der Waals surface area contributed by atoms with Gasteiger partial charge in [-0.2, -0.15) is 0 Å². The Labute approximate surface area is 133 Å². The van der Waals surface area contributed by atoms with Gasteiger partial charge in [-0.3, -0.25) is 4.57 Å². The van der Waals surface area contributed by atoms with Gasteiger partial charge >= 0.3 is 7.60 Å². The predicted molar refractivity (Wildman–Crippen MR) is 89.3 cm³/mol. The van der Waals surface area contributed by atoms with Crippen molar-refractivity contribution < 1.29 is 19.1 Å². The van der Waals surface area contributed by atoms with E-state index in [0.717, 1.165) is 12.2 Å². The average Bonchev–Trinajstić information content (AvgIpc) is 2.48. The number of rotatable bonds is 11. The fourth-order valence-electron chi connectivity index (χ4n) is 2.13. The Bertz CT molecular complexity index is 458. The van der Waals surface area contributed by atoms with Crippen molar-refractivity contribution >= 4 is 7.60 Å². The molecule has 0 amide bonds. The van der Waals surface area contributed by atoms with E-state index in [1.54, 1.807) is 0 Å². The first kappa shape index (κ1) is 19.2. The zero-order valence-corrected chi connectivity index (χ0v) is 14.2. The highest BCUT2D eigenvalue weighted by Gasteiger charge is 2.15. The van der Waals surface area contributed by atoms with Gasteiger partial charge in [-0.1, -0.05) is 38.3 Å². The Morgan fingerprint density at radius 1 is 1.18 bits per heavy atom. The third kappa shape index (κ3) is 9.21. The Morgan fingerprint density at radius 3 is 2.45 bits per heavy atom. The molecule has 0 aromatic heterocycles. The molecule has 0 radical (unpaired) electrons. The number of hydrogen-bond acceptors (Lipinski definition) is 3. The van der Waals surface area contributed by atoms with Gasteiger partial charge in [-0.15, -0.1) is 0 Å². The van der Waals surface area contributed by atoms with Gasteiger partial charge in [-0.05, 0) is 37.0 Å². The predicted octanol–water partition coefficient (Wildman–Crippen LogP) is 3.08. The second-order valence-electron chi connectivity index (χ2n) is 5.70. The van der Waals surface area contributed by atoms with Gasteiger partial charge in [0.25, 0.3) is 0 Å². The van der Waals surface area contributed by atoms with E-state index < -0.39 is 7.60 Å². The van der Waals surface area contributed by atoms with Crippen LogP contribution in [-0.4, -0.2) is 28.6 Å². The number of ether oxygens (including phenoxy) is 1. The van der Waals surface area contributed by atoms with Crippen LogP contribution in [0.1, 0.15) is 44.6 Å². The van der Waals surface area contributed by atoms with E-state index >= 15 is 0 Å². The second kappa shape index (κ2) is 10.0. The maximum Gasteiger partial charge on any atom is 0.325 e. The lowest BCUT2D eigenvalue weighted by molar-refractivity contribution is 0.283. The van der Waals surface area contributed by atoms with Gasteiger partial charge in [0.2, 0.25) is 0 Å². The molecule has 5 nitrogen and oxygen atoms in total. The summed E-state index contributed by atoms with van der Waals surface area (Å²) in [6, 6.07) is 7.59. The fourth-order valence-corrected chi connectivity index (χ4v) is 2.80. The molecular weight excluding hydrogens is 301 g/mol. The smallest absolute Gasteiger partial charge is 0.325 e. The van der Waals surface area contributed by atoms with Gasteiger partial charge in [0, 0.05) is 6.04 Å². The molecule has 6 heteroatoms. The Kier molecular flexibility index (Phi) is 8.72. The molecule has 0 heterocycles. The van der Waals surface area contributed by atoms with Crippen LogP contribution in [0.5, 0.6) is 5.75 Å². The lowest BCUT2D eigenvalue weighted by Crippen LogP contribution is -2.28. The molecule has 0 spiro atoms. The van der Waals surface area contributed by atoms with Gasteiger partial charge < -0.3 is 20.3 Å². The van der Waals surface area contributed by atoms with E-state index in [1.165, 1.54) is 31.2 Å². The van der Waals surface area contributed by atoms with Crippen LogP contribution in [0.3, 0.4) is 0 Å². The van der Waals surface area contributed by atoms with E-state index in [9.17, 15) is 4.57 Å². The monoisotopic (exact) mass is 329 g/mol. The molecule has 0 saturated carbocycles. The third-order valence-electron chi connectivity index (χ3n) is 3.50. The molecule has 126 valence electrons. The van der Waals surface area contributed by atoms with Crippen LogP contribution in [0, 0.1) is 0 Å². The van der Waals surface area contributed by atoms with Gasteiger partial charge in [0.05, 0.1) is 6.16 Å². The van der Waals surface area contributed by atoms with Crippen LogP contribution in [0.15, 0.2) is 24.3 Å². The lowest BCUT2D eigenvalue weighted by atomic mass is 10.1. The Hall–Kier alpha value is -0.870. The summed E-state index contributed by atoms with van der Waals surface area (Å²) in [5, 5.41) is 0. The summed E-state index contributed by atoms with van der Waals surface area (Å²) in [5.41, 5.74) is 7.08. The minimum atomic E-state index is -3.97. The largest absolute Gasteiger partial charge is 0.492 e. The van der Waals surface area contributed by atoms with E-state index in [1.807, 2.05) is 12.1 Å². The van der Waals surface area contributed by atoms with Crippen LogP contribution >= 0.6 is 7.60 Å². The van der Waals surface area contributed by atoms with Crippen molar-refractivity contribution in [1.82, 2.24) is 0 Å². The number of nitrogens with two attached hydrogens (primary N) is 1. The summed E-state index contributed by atoms with van der Waals surface area (Å²) in [5.74, 6) is 0.740. The van der Waals surface area contributed by atoms with Crippen molar-refractivity contribution in [2.24, 2.45) is 5.73 Å². The van der Waals surface area contributed by atoms with Crippen LogP contribution in [0.4, 0.5) is 0 Å². The van der Waals surface area contributed by atoms with Crippen LogP contribution in [0.2, 0.25) is 0 Å². The molecule has 0 aliphatic heterocycles. The molecule has 0 saturated heterocycles. The minimum absolute atomic E-state index is 0.200. The molecular formula is C16H28NO4P. The van der Waals surface area contributed by atoms with Gasteiger partial charge in [-0.25, -0.2) is 0 Å². The maximum absolute atomic E-state index is 10.8. The number of benzene rings is 1. The van der Waals surface area contributed by atoms with Crippen molar-refractivity contribution in [3.8, 4) is 5.75 Å². The van der Waals surface area contributed by atoms with Crippen molar-refractivity contribution in [3.63, 3.8) is 0 Å². The molecule has 0 fully saturated rings.